The molecule has 76 valence electrons. The average molecular weight is 192 g/mol. The van der Waals surface area contributed by atoms with E-state index in [1.54, 1.807) is 7.11 Å². The van der Waals surface area contributed by atoms with Crippen molar-refractivity contribution in [3.05, 3.63) is 29.1 Å². The van der Waals surface area contributed by atoms with E-state index in [1.807, 2.05) is 6.07 Å². The van der Waals surface area contributed by atoms with Gasteiger partial charge in [0.2, 0.25) is 0 Å². The zero-order valence-electron chi connectivity index (χ0n) is 8.49. The normalized spacial score (nSPS) is 16.7. The van der Waals surface area contributed by atoms with Crippen molar-refractivity contribution in [3.63, 3.8) is 0 Å². The molecule has 0 radical (unpaired) electrons. The van der Waals surface area contributed by atoms with Gasteiger partial charge < -0.3 is 10.5 Å². The zero-order chi connectivity index (χ0) is 9.97. The molecule has 0 saturated heterocycles. The van der Waals surface area contributed by atoms with Gasteiger partial charge in [-0.05, 0) is 30.9 Å². The van der Waals surface area contributed by atoms with E-state index in [-0.39, 0.29) is 6.04 Å². The van der Waals surface area contributed by atoms with E-state index in [4.69, 9.17) is 10.5 Å². The molecule has 0 bridgehead atoms. The van der Waals surface area contributed by atoms with Gasteiger partial charge in [0, 0.05) is 12.8 Å². The Labute approximate surface area is 84.3 Å². The number of nitrogens with two attached hydrogens (primary N) is 1. The minimum absolute atomic E-state index is 0.0918. The van der Waals surface area contributed by atoms with E-state index in [0.717, 1.165) is 12.1 Å². The highest BCUT2D eigenvalue weighted by atomic mass is 16.5. The Morgan fingerprint density at radius 2 is 2.36 bits per heavy atom. The Bertz CT molecular complexity index is 325. The minimum Gasteiger partial charge on any atom is -0.383 e. The monoisotopic (exact) mass is 192 g/mol. The molecule has 0 aromatic carbocycles. The highest BCUT2D eigenvalue weighted by Gasteiger charge is 2.14. The number of hydrogen-bond acceptors (Lipinski definition) is 3. The molecule has 3 nitrogen and oxygen atoms in total. The Hall–Kier alpha value is -0.930. The Morgan fingerprint density at radius 1 is 1.50 bits per heavy atom. The number of rotatable bonds is 3. The maximum atomic E-state index is 5.91. The Balaban J connectivity index is 2.19. The lowest BCUT2D eigenvalue weighted by molar-refractivity contribution is 0.179. The first kappa shape index (κ1) is 9.62. The smallest absolute Gasteiger partial charge is 0.0707 e. The van der Waals surface area contributed by atoms with E-state index < -0.39 is 0 Å². The van der Waals surface area contributed by atoms with Crippen LogP contribution < -0.4 is 5.73 Å². The number of aryl methyl sites for hydroxylation is 2. The summed E-state index contributed by atoms with van der Waals surface area (Å²) in [5.41, 5.74) is 9.48. The van der Waals surface area contributed by atoms with Crippen molar-refractivity contribution in [1.82, 2.24) is 4.98 Å². The summed E-state index contributed by atoms with van der Waals surface area (Å²) in [4.78, 5) is 4.57. The molecule has 1 unspecified atom stereocenters. The van der Waals surface area contributed by atoms with E-state index in [2.05, 4.69) is 11.1 Å². The quantitative estimate of drug-likeness (QED) is 0.783. The van der Waals surface area contributed by atoms with Crippen molar-refractivity contribution in [1.29, 1.82) is 0 Å². The molecule has 0 fully saturated rings. The molecule has 0 amide bonds. The Kier molecular flexibility index (Phi) is 2.79. The van der Waals surface area contributed by atoms with Crippen molar-refractivity contribution < 1.29 is 4.74 Å². The molecule has 1 aliphatic rings. The number of pyridine rings is 1. The van der Waals surface area contributed by atoms with Gasteiger partial charge in [0.25, 0.3) is 0 Å². The fourth-order valence-electron chi connectivity index (χ4n) is 1.91. The van der Waals surface area contributed by atoms with Gasteiger partial charge in [-0.2, -0.15) is 0 Å². The summed E-state index contributed by atoms with van der Waals surface area (Å²) < 4.78 is 5.01. The van der Waals surface area contributed by atoms with Gasteiger partial charge in [-0.15, -0.1) is 0 Å². The molecule has 1 atom stereocenters. The molecule has 0 aliphatic heterocycles. The summed E-state index contributed by atoms with van der Waals surface area (Å²) in [5.74, 6) is 0. The number of ether oxygens (including phenoxy) is 1. The van der Waals surface area contributed by atoms with Crippen LogP contribution in [0.2, 0.25) is 0 Å². The summed E-state index contributed by atoms with van der Waals surface area (Å²) in [7, 11) is 1.66. The summed E-state index contributed by atoms with van der Waals surface area (Å²) >= 11 is 0. The van der Waals surface area contributed by atoms with Gasteiger partial charge in [-0.25, -0.2) is 0 Å². The van der Waals surface area contributed by atoms with Crippen LogP contribution in [-0.4, -0.2) is 18.7 Å². The first-order valence-electron chi connectivity index (χ1n) is 5.04. The lowest BCUT2D eigenvalue weighted by Gasteiger charge is -2.11. The van der Waals surface area contributed by atoms with Crippen LogP contribution in [0.3, 0.4) is 0 Å². The van der Waals surface area contributed by atoms with E-state index in [0.29, 0.717) is 6.61 Å². The number of methoxy groups -OCH3 is 1. The van der Waals surface area contributed by atoms with Gasteiger partial charge in [0.05, 0.1) is 18.3 Å². The van der Waals surface area contributed by atoms with Gasteiger partial charge in [-0.1, -0.05) is 6.07 Å². The van der Waals surface area contributed by atoms with Crippen LogP contribution in [0.15, 0.2) is 12.1 Å². The summed E-state index contributed by atoms with van der Waals surface area (Å²) in [5, 5.41) is 0. The number of aromatic nitrogens is 1. The minimum atomic E-state index is -0.0918. The van der Waals surface area contributed by atoms with Crippen molar-refractivity contribution in [2.75, 3.05) is 13.7 Å². The fourth-order valence-corrected chi connectivity index (χ4v) is 1.91. The molecule has 1 aliphatic carbocycles. The van der Waals surface area contributed by atoms with E-state index in [1.165, 1.54) is 24.1 Å². The molecule has 0 saturated carbocycles. The van der Waals surface area contributed by atoms with Crippen LogP contribution in [0.5, 0.6) is 0 Å². The molecule has 0 spiro atoms. The van der Waals surface area contributed by atoms with Gasteiger partial charge in [0.1, 0.15) is 0 Å². The van der Waals surface area contributed by atoms with Crippen LogP contribution in [0.1, 0.15) is 29.4 Å². The van der Waals surface area contributed by atoms with Crippen LogP contribution in [-0.2, 0) is 17.6 Å². The topological polar surface area (TPSA) is 48.1 Å². The molecular formula is C11H16N2O. The molecule has 3 heteroatoms. The second kappa shape index (κ2) is 4.07. The highest BCUT2D eigenvalue weighted by Crippen LogP contribution is 2.21. The third kappa shape index (κ3) is 1.79. The summed E-state index contributed by atoms with van der Waals surface area (Å²) in [6, 6.07) is 4.08. The first-order chi connectivity index (χ1) is 6.81. The predicted octanol–water partition coefficient (Wildman–Crippen LogP) is 1.22. The third-order valence-corrected chi connectivity index (χ3v) is 2.68. The highest BCUT2D eigenvalue weighted by molar-refractivity contribution is 5.28. The lowest BCUT2D eigenvalue weighted by atomic mass is 10.1. The third-order valence-electron chi connectivity index (χ3n) is 2.68. The van der Waals surface area contributed by atoms with E-state index >= 15 is 0 Å². The molecule has 1 heterocycles. The molecule has 2 rings (SSSR count). The molecule has 1 aromatic heterocycles. The summed E-state index contributed by atoms with van der Waals surface area (Å²) in [6.45, 7) is 0.534. The molecule has 1 aromatic rings. The van der Waals surface area contributed by atoms with Gasteiger partial charge >= 0.3 is 0 Å². The maximum absolute atomic E-state index is 5.91. The zero-order valence-corrected chi connectivity index (χ0v) is 8.49. The Morgan fingerprint density at radius 3 is 3.14 bits per heavy atom. The summed E-state index contributed by atoms with van der Waals surface area (Å²) in [6.07, 6.45) is 3.50. The van der Waals surface area contributed by atoms with Crippen LogP contribution >= 0.6 is 0 Å². The van der Waals surface area contributed by atoms with Gasteiger partial charge in [0.15, 0.2) is 0 Å². The largest absolute Gasteiger partial charge is 0.383 e. The molecular weight excluding hydrogens is 176 g/mol. The average Bonchev–Trinajstić information content (AvgIpc) is 2.64. The molecule has 2 N–H and O–H groups in total. The number of fused-ring (bicyclic) bond motifs is 1. The predicted molar refractivity (Wildman–Crippen MR) is 55.1 cm³/mol. The fraction of sp³-hybridized carbons (Fsp3) is 0.545. The van der Waals surface area contributed by atoms with Crippen LogP contribution in [0, 0.1) is 0 Å². The first-order valence-corrected chi connectivity index (χ1v) is 5.04. The molecule has 14 heavy (non-hydrogen) atoms. The maximum Gasteiger partial charge on any atom is 0.0707 e. The van der Waals surface area contributed by atoms with Gasteiger partial charge in [-0.3, -0.25) is 4.98 Å². The second-order valence-corrected chi connectivity index (χ2v) is 3.76. The van der Waals surface area contributed by atoms with Crippen LogP contribution in [0.4, 0.5) is 0 Å². The standard InChI is InChI=1S/C11H16N2O/c1-14-7-9(12)11-6-5-8-3-2-4-10(8)13-11/h5-6,9H,2-4,7,12H2,1H3. The van der Waals surface area contributed by atoms with Crippen molar-refractivity contribution in [2.45, 2.75) is 25.3 Å². The number of hydrogen-bond donors (Lipinski definition) is 1. The SMILES string of the molecule is COCC(N)c1ccc2c(n1)CCC2. The van der Waals surface area contributed by atoms with Crippen molar-refractivity contribution in [2.24, 2.45) is 5.73 Å². The van der Waals surface area contributed by atoms with Crippen molar-refractivity contribution in [3.8, 4) is 0 Å². The van der Waals surface area contributed by atoms with E-state index in [9.17, 15) is 0 Å². The van der Waals surface area contributed by atoms with Crippen molar-refractivity contribution >= 4 is 0 Å². The number of nitrogens with zero attached hydrogens (tertiary/aromatic N) is 1. The van der Waals surface area contributed by atoms with Crippen LogP contribution in [0.25, 0.3) is 0 Å². The second-order valence-electron chi connectivity index (χ2n) is 3.76. The lowest BCUT2D eigenvalue weighted by Crippen LogP contribution is -2.18.